The molecule has 1 N–H and O–H groups in total. The molecule has 1 atom stereocenters. The van der Waals surface area contributed by atoms with E-state index in [0.717, 1.165) is 56.6 Å². The Morgan fingerprint density at radius 3 is 3.12 bits per heavy atom. The Hall–Kier alpha value is -2.05. The zero-order valence-corrected chi connectivity index (χ0v) is 15.0. The van der Waals surface area contributed by atoms with Crippen molar-refractivity contribution in [2.45, 2.75) is 37.8 Å². The molecule has 0 radical (unpaired) electrons. The summed E-state index contributed by atoms with van der Waals surface area (Å²) in [6.45, 7) is 5.35. The van der Waals surface area contributed by atoms with E-state index in [1.54, 1.807) is 0 Å². The number of hydrogen-bond acceptors (Lipinski definition) is 6. The summed E-state index contributed by atoms with van der Waals surface area (Å²) in [4.78, 5) is 16.2. The molecule has 2 aliphatic heterocycles. The van der Waals surface area contributed by atoms with Gasteiger partial charge in [-0.05, 0) is 43.4 Å². The van der Waals surface area contributed by atoms with Crippen LogP contribution in [0.2, 0.25) is 0 Å². The van der Waals surface area contributed by atoms with Gasteiger partial charge in [-0.3, -0.25) is 9.88 Å². The summed E-state index contributed by atoms with van der Waals surface area (Å²) in [5, 5.41) is 3.43. The predicted octanol–water partition coefficient (Wildman–Crippen LogP) is 2.37. The topological polar surface area (TPSA) is 63.2 Å². The maximum atomic E-state index is 5.94. The Bertz CT molecular complexity index is 779. The highest BCUT2D eigenvalue weighted by atomic mass is 16.5. The molecule has 136 valence electrons. The summed E-state index contributed by atoms with van der Waals surface area (Å²) in [7, 11) is 0. The summed E-state index contributed by atoms with van der Waals surface area (Å²) in [5.74, 6) is 1.59. The number of fused-ring (bicyclic) bond motifs is 2. The lowest BCUT2D eigenvalue weighted by molar-refractivity contribution is 0.0503. The lowest BCUT2D eigenvalue weighted by atomic mass is 9.80. The highest BCUT2D eigenvalue weighted by molar-refractivity contribution is 5.36. The van der Waals surface area contributed by atoms with Gasteiger partial charge in [0.25, 0.3) is 0 Å². The van der Waals surface area contributed by atoms with Crippen molar-refractivity contribution in [2.24, 2.45) is 5.92 Å². The summed E-state index contributed by atoms with van der Waals surface area (Å²) in [6.07, 6.45) is 9.49. The zero-order chi connectivity index (χ0) is 17.4. The number of ether oxygens (including phenoxy) is 1. The van der Waals surface area contributed by atoms with E-state index in [9.17, 15) is 0 Å². The number of anilines is 1. The van der Waals surface area contributed by atoms with Crippen LogP contribution in [0.25, 0.3) is 0 Å². The highest BCUT2D eigenvalue weighted by Gasteiger charge is 2.44. The molecule has 4 heterocycles. The van der Waals surface area contributed by atoms with Gasteiger partial charge in [0.2, 0.25) is 5.95 Å². The van der Waals surface area contributed by atoms with Gasteiger partial charge in [0.05, 0.1) is 24.3 Å². The first kappa shape index (κ1) is 16.1. The fourth-order valence-electron chi connectivity index (χ4n) is 4.19. The molecule has 2 fully saturated rings. The van der Waals surface area contributed by atoms with Crippen LogP contribution in [-0.2, 0) is 23.3 Å². The minimum absolute atomic E-state index is 0.00522. The zero-order valence-electron chi connectivity index (χ0n) is 15.0. The van der Waals surface area contributed by atoms with Crippen LogP contribution < -0.4 is 5.32 Å². The molecule has 6 nitrogen and oxygen atoms in total. The number of rotatable bonds is 5. The van der Waals surface area contributed by atoms with Gasteiger partial charge in [0.1, 0.15) is 0 Å². The van der Waals surface area contributed by atoms with E-state index in [1.165, 1.54) is 24.1 Å². The maximum absolute atomic E-state index is 5.94. The van der Waals surface area contributed by atoms with E-state index >= 15 is 0 Å². The van der Waals surface area contributed by atoms with Crippen molar-refractivity contribution in [3.8, 4) is 0 Å². The fraction of sp³-hybridized carbons (Fsp3) is 0.550. The van der Waals surface area contributed by atoms with Gasteiger partial charge < -0.3 is 10.1 Å². The second-order valence-electron chi connectivity index (χ2n) is 7.99. The van der Waals surface area contributed by atoms with E-state index in [0.29, 0.717) is 6.61 Å². The normalized spacial score (nSPS) is 25.4. The van der Waals surface area contributed by atoms with Crippen molar-refractivity contribution in [2.75, 3.05) is 31.6 Å². The minimum atomic E-state index is -0.00522. The number of nitrogens with zero attached hydrogens (tertiary/aromatic N) is 4. The molecule has 5 rings (SSSR count). The van der Waals surface area contributed by atoms with Crippen LogP contribution in [0.15, 0.2) is 30.7 Å². The summed E-state index contributed by atoms with van der Waals surface area (Å²) in [6, 6.07) is 4.15. The second kappa shape index (κ2) is 6.59. The van der Waals surface area contributed by atoms with Gasteiger partial charge in [-0.2, -0.15) is 0 Å². The third kappa shape index (κ3) is 3.19. The molecule has 0 unspecified atom stereocenters. The SMILES string of the molecule is c1cncc(CN2CC[C@@]3(COCc4cnc(NCC5CC5)nc43)C2)c1. The molecule has 6 heteroatoms. The van der Waals surface area contributed by atoms with Gasteiger partial charge in [-0.1, -0.05) is 6.07 Å². The monoisotopic (exact) mass is 351 g/mol. The fourth-order valence-corrected chi connectivity index (χ4v) is 4.19. The lowest BCUT2D eigenvalue weighted by Crippen LogP contribution is -2.40. The van der Waals surface area contributed by atoms with Crippen LogP contribution in [-0.4, -0.2) is 46.1 Å². The van der Waals surface area contributed by atoms with E-state index in [2.05, 4.69) is 26.3 Å². The van der Waals surface area contributed by atoms with Crippen molar-refractivity contribution >= 4 is 5.95 Å². The molecule has 26 heavy (non-hydrogen) atoms. The molecule has 0 aromatic carbocycles. The summed E-state index contributed by atoms with van der Waals surface area (Å²) < 4.78 is 5.94. The van der Waals surface area contributed by atoms with Crippen molar-refractivity contribution in [3.63, 3.8) is 0 Å². The molecule has 2 aromatic rings. The summed E-state index contributed by atoms with van der Waals surface area (Å²) in [5.41, 5.74) is 3.60. The maximum Gasteiger partial charge on any atom is 0.222 e. The molecule has 1 aliphatic carbocycles. The first-order chi connectivity index (χ1) is 12.8. The molecule has 3 aliphatic rings. The predicted molar refractivity (Wildman–Crippen MR) is 98.7 cm³/mol. The van der Waals surface area contributed by atoms with Crippen molar-refractivity contribution in [3.05, 3.63) is 47.5 Å². The Morgan fingerprint density at radius 2 is 2.27 bits per heavy atom. The van der Waals surface area contributed by atoms with Crippen LogP contribution in [0, 0.1) is 5.92 Å². The standard InChI is InChI=1S/C20H25N5O/c1-2-16(8-21-6-1)11-25-7-5-20(13-25)14-26-12-17-10-23-19(24-18(17)20)22-9-15-3-4-15/h1-2,6,8,10,15H,3-5,7,9,11-14H2,(H,22,23,24)/t20-/m0/s1. The van der Waals surface area contributed by atoms with E-state index in [-0.39, 0.29) is 5.41 Å². The van der Waals surface area contributed by atoms with Crippen LogP contribution in [0.4, 0.5) is 5.95 Å². The van der Waals surface area contributed by atoms with Gasteiger partial charge in [0, 0.05) is 43.8 Å². The molecule has 1 saturated carbocycles. The first-order valence-corrected chi connectivity index (χ1v) is 9.60. The van der Waals surface area contributed by atoms with E-state index in [1.807, 2.05) is 24.7 Å². The lowest BCUT2D eigenvalue weighted by Gasteiger charge is -2.34. The average Bonchev–Trinajstić information content (AvgIpc) is 3.43. The third-order valence-corrected chi connectivity index (χ3v) is 5.81. The van der Waals surface area contributed by atoms with Crippen molar-refractivity contribution in [1.82, 2.24) is 19.9 Å². The molecular weight excluding hydrogens is 326 g/mol. The Labute approximate surface area is 154 Å². The van der Waals surface area contributed by atoms with Crippen LogP contribution in [0.3, 0.4) is 0 Å². The van der Waals surface area contributed by atoms with E-state index in [4.69, 9.17) is 9.72 Å². The summed E-state index contributed by atoms with van der Waals surface area (Å²) >= 11 is 0. The highest BCUT2D eigenvalue weighted by Crippen LogP contribution is 2.39. The quantitative estimate of drug-likeness (QED) is 0.892. The Kier molecular flexibility index (Phi) is 4.10. The van der Waals surface area contributed by atoms with Gasteiger partial charge in [-0.15, -0.1) is 0 Å². The molecule has 0 bridgehead atoms. The van der Waals surface area contributed by atoms with Gasteiger partial charge >= 0.3 is 0 Å². The van der Waals surface area contributed by atoms with E-state index < -0.39 is 0 Å². The number of pyridine rings is 1. The van der Waals surface area contributed by atoms with Gasteiger partial charge in [0.15, 0.2) is 0 Å². The van der Waals surface area contributed by atoms with Crippen LogP contribution in [0.5, 0.6) is 0 Å². The smallest absolute Gasteiger partial charge is 0.222 e. The number of hydrogen-bond donors (Lipinski definition) is 1. The van der Waals surface area contributed by atoms with Crippen LogP contribution >= 0.6 is 0 Å². The Morgan fingerprint density at radius 1 is 1.31 bits per heavy atom. The third-order valence-electron chi connectivity index (χ3n) is 5.81. The molecule has 1 spiro atoms. The first-order valence-electron chi connectivity index (χ1n) is 9.60. The van der Waals surface area contributed by atoms with Gasteiger partial charge in [-0.25, -0.2) is 9.97 Å². The minimum Gasteiger partial charge on any atom is -0.376 e. The van der Waals surface area contributed by atoms with Crippen LogP contribution in [0.1, 0.15) is 36.1 Å². The molecule has 2 aromatic heterocycles. The number of nitrogens with one attached hydrogen (secondary N) is 1. The number of aromatic nitrogens is 3. The largest absolute Gasteiger partial charge is 0.376 e. The molecule has 0 amide bonds. The number of likely N-dealkylation sites (tertiary alicyclic amines) is 1. The van der Waals surface area contributed by atoms with Crippen molar-refractivity contribution in [1.29, 1.82) is 0 Å². The second-order valence-corrected chi connectivity index (χ2v) is 7.99. The molecule has 1 saturated heterocycles. The Balaban J connectivity index is 1.35. The van der Waals surface area contributed by atoms with Crippen molar-refractivity contribution < 1.29 is 4.74 Å². The molecular formula is C20H25N5O. The average molecular weight is 351 g/mol.